The number of unbranched alkanes of at least 4 members (excludes halogenated alkanes) is 10. The maximum absolute atomic E-state index is 5.50. The maximum Gasteiger partial charge on any atom is 0.0849 e. The molecule has 0 spiro atoms. The van der Waals surface area contributed by atoms with Gasteiger partial charge in [-0.05, 0) is 74.2 Å². The van der Waals surface area contributed by atoms with Crippen LogP contribution in [0, 0.1) is 27.7 Å². The third-order valence-corrected chi connectivity index (χ3v) is 16.4. The van der Waals surface area contributed by atoms with Crippen molar-refractivity contribution in [3.05, 3.63) is 88.2 Å². The first-order valence-electron chi connectivity index (χ1n) is 20.1. The zero-order valence-corrected chi connectivity index (χ0v) is 35.9. The van der Waals surface area contributed by atoms with E-state index in [1.807, 2.05) is 0 Å². The normalized spacial score (nSPS) is 12.9. The number of hydrogen-bond acceptors (Lipinski definition) is 3. The molecule has 0 saturated carbocycles. The smallest absolute Gasteiger partial charge is 0.0849 e. The molecule has 0 fully saturated rings. The minimum atomic E-state index is -1.59. The lowest BCUT2D eigenvalue weighted by Crippen LogP contribution is -2.30. The average Bonchev–Trinajstić information content (AvgIpc) is 3.06. The fraction of sp³-hybridized carbons (Fsp3) is 0.578. The highest BCUT2D eigenvalue weighted by Crippen LogP contribution is 2.31. The Hall–Kier alpha value is -2.64. The summed E-state index contributed by atoms with van der Waals surface area (Å²) in [5.74, 6) is 0. The predicted molar refractivity (Wildman–Crippen MR) is 229 cm³/mol. The zero-order chi connectivity index (χ0) is 36.6. The molecule has 0 atom stereocenters. The highest BCUT2D eigenvalue weighted by atomic mass is 28.3. The molecule has 50 heavy (non-hydrogen) atoms. The molecule has 0 radical (unpaired) electrons. The van der Waals surface area contributed by atoms with Gasteiger partial charge in [0, 0.05) is 0 Å². The van der Waals surface area contributed by atoms with Gasteiger partial charge in [0.15, 0.2) is 0 Å². The second kappa shape index (κ2) is 21.0. The van der Waals surface area contributed by atoms with Crippen LogP contribution >= 0.6 is 0 Å². The van der Waals surface area contributed by atoms with Crippen LogP contribution in [0.4, 0.5) is 11.4 Å². The summed E-state index contributed by atoms with van der Waals surface area (Å²) in [7, 11) is -3.17. The average molecular weight is 710 g/mol. The van der Waals surface area contributed by atoms with E-state index in [2.05, 4.69) is 122 Å². The fourth-order valence-corrected chi connectivity index (χ4v) is 12.3. The molecule has 1 aromatic heterocycles. The van der Waals surface area contributed by atoms with E-state index in [4.69, 9.17) is 15.0 Å². The summed E-state index contributed by atoms with van der Waals surface area (Å²) in [5, 5.41) is 0. The number of pyridine rings is 1. The Morgan fingerprint density at radius 3 is 1.16 bits per heavy atom. The van der Waals surface area contributed by atoms with Crippen LogP contribution in [0.15, 0.2) is 64.6 Å². The van der Waals surface area contributed by atoms with E-state index in [1.54, 1.807) is 0 Å². The summed E-state index contributed by atoms with van der Waals surface area (Å²) in [6.45, 7) is 23.6. The van der Waals surface area contributed by atoms with Crippen molar-refractivity contribution in [2.45, 2.75) is 169 Å². The molecule has 3 nitrogen and oxygen atoms in total. The van der Waals surface area contributed by atoms with Crippen molar-refractivity contribution in [2.24, 2.45) is 9.98 Å². The van der Waals surface area contributed by atoms with Crippen molar-refractivity contribution in [1.29, 1.82) is 0 Å². The number of nitrogens with zero attached hydrogens (tertiary/aromatic N) is 3. The lowest BCUT2D eigenvalue weighted by Gasteiger charge is -2.25. The van der Waals surface area contributed by atoms with E-state index >= 15 is 0 Å². The molecule has 0 bridgehead atoms. The van der Waals surface area contributed by atoms with Crippen molar-refractivity contribution in [2.75, 3.05) is 0 Å². The minimum absolute atomic E-state index is 1.03. The number of aliphatic imine (C=N–C) groups is 2. The Morgan fingerprint density at radius 2 is 0.800 bits per heavy atom. The molecule has 0 N–H and O–H groups in total. The van der Waals surface area contributed by atoms with Crippen molar-refractivity contribution in [3.8, 4) is 0 Å². The van der Waals surface area contributed by atoms with E-state index in [-0.39, 0.29) is 0 Å². The molecule has 5 heteroatoms. The molecule has 0 unspecified atom stereocenters. The number of hydrogen-bond donors (Lipinski definition) is 0. The van der Waals surface area contributed by atoms with Crippen molar-refractivity contribution in [1.82, 2.24) is 4.98 Å². The third-order valence-electron chi connectivity index (χ3n) is 10.4. The van der Waals surface area contributed by atoms with Crippen LogP contribution in [0.3, 0.4) is 0 Å². The lowest BCUT2D eigenvalue weighted by molar-refractivity contribution is 0.622. The Bertz CT molecular complexity index is 1380. The zero-order valence-electron chi connectivity index (χ0n) is 33.9. The Morgan fingerprint density at radius 1 is 0.480 bits per heavy atom. The van der Waals surface area contributed by atoms with Gasteiger partial charge in [0.05, 0.1) is 50.3 Å². The number of para-hydroxylation sites is 2. The van der Waals surface area contributed by atoms with Gasteiger partial charge in [-0.3, -0.25) is 9.98 Å². The van der Waals surface area contributed by atoms with Gasteiger partial charge in [0.25, 0.3) is 0 Å². The molecule has 1 heterocycles. The maximum atomic E-state index is 5.50. The summed E-state index contributed by atoms with van der Waals surface area (Å²) < 4.78 is 0. The molecular weight excluding hydrogens is 639 g/mol. The lowest BCUT2D eigenvalue weighted by atomic mass is 10.1. The largest absolute Gasteiger partial charge is 0.251 e. The van der Waals surface area contributed by atoms with Gasteiger partial charge < -0.3 is 0 Å². The van der Waals surface area contributed by atoms with Crippen molar-refractivity contribution >= 4 is 38.9 Å². The highest BCUT2D eigenvalue weighted by Gasteiger charge is 2.27. The van der Waals surface area contributed by atoms with Gasteiger partial charge in [-0.15, -0.1) is 0 Å². The number of aryl methyl sites for hydroxylation is 4. The minimum Gasteiger partial charge on any atom is -0.251 e. The molecular formula is C45H71N3Si2. The quantitative estimate of drug-likeness (QED) is 0.0581. The van der Waals surface area contributed by atoms with Crippen LogP contribution in [-0.2, 0) is 0 Å². The Labute approximate surface area is 310 Å². The Kier molecular flexibility index (Phi) is 17.6. The molecule has 0 saturated heterocycles. The number of aromatic nitrogens is 1. The van der Waals surface area contributed by atoms with Crippen LogP contribution in [0.5, 0.6) is 0 Å². The first kappa shape index (κ1) is 41.8. The van der Waals surface area contributed by atoms with Crippen molar-refractivity contribution in [3.63, 3.8) is 0 Å². The number of rotatable bonds is 22. The van der Waals surface area contributed by atoms with E-state index in [1.165, 1.54) is 111 Å². The molecule has 0 amide bonds. The fourth-order valence-electron chi connectivity index (χ4n) is 7.22. The molecule has 0 aliphatic rings. The highest BCUT2D eigenvalue weighted by molar-refractivity contribution is 6.81. The van der Waals surface area contributed by atoms with E-state index in [0.717, 1.165) is 46.3 Å². The topological polar surface area (TPSA) is 37.6 Å². The van der Waals surface area contributed by atoms with Gasteiger partial charge in [-0.25, -0.2) is 4.98 Å². The summed E-state index contributed by atoms with van der Waals surface area (Å²) in [6, 6.07) is 24.4. The van der Waals surface area contributed by atoms with Gasteiger partial charge in [0.2, 0.25) is 0 Å². The molecule has 2 aromatic carbocycles. The summed E-state index contributed by atoms with van der Waals surface area (Å²) in [6.07, 6.45) is 16.2. The molecule has 0 aliphatic carbocycles. The number of benzene rings is 2. The van der Waals surface area contributed by atoms with E-state index in [0.29, 0.717) is 0 Å². The van der Waals surface area contributed by atoms with Crippen molar-refractivity contribution < 1.29 is 0 Å². The van der Waals surface area contributed by atoms with Crippen LogP contribution in [0.1, 0.15) is 125 Å². The van der Waals surface area contributed by atoms with E-state index in [9.17, 15) is 0 Å². The van der Waals surface area contributed by atoms with E-state index < -0.39 is 16.1 Å². The second-order valence-electron chi connectivity index (χ2n) is 16.7. The molecule has 0 aliphatic heterocycles. The van der Waals surface area contributed by atoms with Crippen LogP contribution in [0.25, 0.3) is 0 Å². The van der Waals surface area contributed by atoms with Crippen LogP contribution in [0.2, 0.25) is 50.4 Å². The van der Waals surface area contributed by atoms with Crippen LogP contribution in [-0.4, -0.2) is 32.6 Å². The van der Waals surface area contributed by atoms with Gasteiger partial charge in [-0.2, -0.15) is 0 Å². The second-order valence-corrected chi connectivity index (χ2v) is 27.1. The summed E-state index contributed by atoms with van der Waals surface area (Å²) >= 11 is 0. The van der Waals surface area contributed by atoms with Gasteiger partial charge in [0.1, 0.15) is 0 Å². The first-order chi connectivity index (χ1) is 23.9. The SMILES string of the molecule is CCCCCCCC[Si](C)(C)CC(=Nc1c(C)cccc1C)c1cccc(C(C[Si](C)(C)CCCCCCCC)=Nc2c(C)cccc2C)n1. The van der Waals surface area contributed by atoms with Crippen LogP contribution < -0.4 is 0 Å². The molecule has 3 aromatic rings. The van der Waals surface area contributed by atoms with Gasteiger partial charge in [-0.1, -0.05) is 172 Å². The first-order valence-corrected chi connectivity index (χ1v) is 26.9. The molecule has 274 valence electrons. The third kappa shape index (κ3) is 14.2. The standard InChI is InChI=1S/C45H71N3Si2/c1-11-13-15-17-19-21-32-49(7,8)34-42(47-44-36(3)26-23-27-37(44)4)40-30-25-31-41(46-40)43(48-45-38(5)28-24-29-39(45)6)35-50(9,10)33-22-20-18-16-14-12-2/h23-31H,11-22,32-35H2,1-10H3. The summed E-state index contributed by atoms with van der Waals surface area (Å²) in [5.41, 5.74) is 11.5. The molecule has 3 rings (SSSR count). The Balaban J connectivity index is 2.02. The van der Waals surface area contributed by atoms with Gasteiger partial charge >= 0.3 is 0 Å². The predicted octanol–water partition coefficient (Wildman–Crippen LogP) is 14.7. The summed E-state index contributed by atoms with van der Waals surface area (Å²) in [4.78, 5) is 16.5. The monoisotopic (exact) mass is 710 g/mol.